The zero-order chi connectivity index (χ0) is 21.8. The van der Waals surface area contributed by atoms with Gasteiger partial charge in [-0.3, -0.25) is 4.79 Å². The fourth-order valence-corrected chi connectivity index (χ4v) is 3.93. The third-order valence-electron chi connectivity index (χ3n) is 5.55. The number of amides is 3. The van der Waals surface area contributed by atoms with Gasteiger partial charge in [-0.1, -0.05) is 60.1 Å². The summed E-state index contributed by atoms with van der Waals surface area (Å²) in [7, 11) is 7.31. The monoisotopic (exact) mass is 413 g/mol. The van der Waals surface area contributed by atoms with E-state index in [0.29, 0.717) is 12.0 Å². The van der Waals surface area contributed by atoms with Gasteiger partial charge in [0.15, 0.2) is 0 Å². The van der Waals surface area contributed by atoms with Crippen LogP contribution in [0.3, 0.4) is 0 Å². The molecule has 3 N–H and O–H groups in total. The van der Waals surface area contributed by atoms with Crippen molar-refractivity contribution in [3.05, 3.63) is 72.2 Å². The molecule has 2 heterocycles. The molecular weight excluding hydrogens is 389 g/mol. The number of carbonyl (C=O) groups is 2. The van der Waals surface area contributed by atoms with Crippen LogP contribution in [0.4, 0.5) is 4.79 Å². The van der Waals surface area contributed by atoms with Crippen LogP contribution in [0.25, 0.3) is 11.3 Å². The number of aromatic nitrogens is 2. The molecule has 1 fully saturated rings. The largest absolute Gasteiger partial charge is 0.341 e. The fraction of sp³-hybridized carbons (Fsp3) is 0.261. The number of likely N-dealkylation sites (tertiary alicyclic amines) is 1. The summed E-state index contributed by atoms with van der Waals surface area (Å²) in [5.74, 6) is 0.590. The molecule has 1 aliphatic heterocycles. The highest BCUT2D eigenvalue weighted by Gasteiger charge is 2.36. The molecule has 1 aliphatic rings. The van der Waals surface area contributed by atoms with Gasteiger partial charge in [0.05, 0.1) is 17.9 Å². The normalized spacial score (nSPS) is 16.7. The van der Waals surface area contributed by atoms with E-state index in [1.165, 1.54) is 7.05 Å². The standard InChI is InChI=1S/C23H24BN5O2/c1-25-23(31)28-20(16-6-3-2-4-7-16)22(30)29-13-5-8-19(29)21-26-14-18(27-21)15-9-11-17(24)12-10-15/h2-4,6-7,9-12,14,19-20H,5,8,13H2,1H3,(H,26,27)(H2,25,28,31)/t19-,20?/m0/s1. The van der Waals surface area contributed by atoms with Gasteiger partial charge in [-0.25, -0.2) is 9.78 Å². The van der Waals surface area contributed by atoms with Crippen molar-refractivity contribution < 1.29 is 9.59 Å². The van der Waals surface area contributed by atoms with Crippen molar-refractivity contribution in [2.24, 2.45) is 0 Å². The molecule has 0 aliphatic carbocycles. The number of carbonyl (C=O) groups excluding carboxylic acids is 2. The summed E-state index contributed by atoms with van der Waals surface area (Å²) in [6.45, 7) is 0.611. The first-order chi connectivity index (χ1) is 15.1. The molecule has 3 aromatic rings. The van der Waals surface area contributed by atoms with Gasteiger partial charge in [0.25, 0.3) is 0 Å². The number of aromatic amines is 1. The Morgan fingerprint density at radius 1 is 1.16 bits per heavy atom. The first kappa shape index (κ1) is 20.7. The Hall–Kier alpha value is -3.55. The highest BCUT2D eigenvalue weighted by Crippen LogP contribution is 2.33. The minimum atomic E-state index is -0.770. The van der Waals surface area contributed by atoms with Crippen LogP contribution in [0.15, 0.2) is 60.8 Å². The van der Waals surface area contributed by atoms with Gasteiger partial charge in [-0.15, -0.1) is 0 Å². The van der Waals surface area contributed by atoms with Gasteiger partial charge in [0, 0.05) is 13.6 Å². The highest BCUT2D eigenvalue weighted by molar-refractivity contribution is 6.32. The van der Waals surface area contributed by atoms with Gasteiger partial charge >= 0.3 is 6.03 Å². The van der Waals surface area contributed by atoms with E-state index in [9.17, 15) is 9.59 Å². The molecule has 7 nitrogen and oxygen atoms in total. The van der Waals surface area contributed by atoms with Crippen LogP contribution < -0.4 is 16.1 Å². The van der Waals surface area contributed by atoms with Crippen LogP contribution in [-0.4, -0.2) is 48.2 Å². The maximum atomic E-state index is 13.5. The van der Waals surface area contributed by atoms with E-state index < -0.39 is 12.1 Å². The second kappa shape index (κ2) is 9.08. The Morgan fingerprint density at radius 3 is 2.61 bits per heavy atom. The van der Waals surface area contributed by atoms with Crippen molar-refractivity contribution in [1.29, 1.82) is 0 Å². The maximum absolute atomic E-state index is 13.5. The van der Waals surface area contributed by atoms with Gasteiger partial charge in [0.2, 0.25) is 5.91 Å². The topological polar surface area (TPSA) is 90.1 Å². The SMILES string of the molecule is [B]c1ccc(-c2cnc([C@@H]3CCCN3C(=O)C(NC(=O)NC)c3ccccc3)[nH]2)cc1. The van der Waals surface area contributed by atoms with Crippen LogP contribution in [0.2, 0.25) is 0 Å². The zero-order valence-electron chi connectivity index (χ0n) is 17.3. The molecule has 3 amide bonds. The molecule has 2 radical (unpaired) electrons. The summed E-state index contributed by atoms with van der Waals surface area (Å²) in [5.41, 5.74) is 3.29. The molecule has 2 aromatic carbocycles. The summed E-state index contributed by atoms with van der Waals surface area (Å²) in [5, 5.41) is 5.32. The van der Waals surface area contributed by atoms with E-state index in [4.69, 9.17) is 7.85 Å². The molecule has 156 valence electrons. The lowest BCUT2D eigenvalue weighted by molar-refractivity contribution is -0.134. The summed E-state index contributed by atoms with van der Waals surface area (Å²) in [6.07, 6.45) is 3.46. The van der Waals surface area contributed by atoms with E-state index in [0.717, 1.165) is 35.5 Å². The van der Waals surface area contributed by atoms with Crippen molar-refractivity contribution >= 4 is 25.2 Å². The lowest BCUT2D eigenvalue weighted by atomic mass is 9.95. The van der Waals surface area contributed by atoms with Gasteiger partial charge in [0.1, 0.15) is 19.7 Å². The van der Waals surface area contributed by atoms with Crippen molar-refractivity contribution in [2.75, 3.05) is 13.6 Å². The minimum absolute atomic E-state index is 0.150. The minimum Gasteiger partial charge on any atom is -0.341 e. The second-order valence-electron chi connectivity index (χ2n) is 7.56. The molecule has 0 spiro atoms. The molecule has 31 heavy (non-hydrogen) atoms. The molecule has 0 bridgehead atoms. The number of rotatable bonds is 5. The lowest BCUT2D eigenvalue weighted by Gasteiger charge is -2.28. The quantitative estimate of drug-likeness (QED) is 0.561. The second-order valence-corrected chi connectivity index (χ2v) is 7.56. The van der Waals surface area contributed by atoms with Gasteiger partial charge in [-0.2, -0.15) is 0 Å². The number of H-pyrrole nitrogens is 1. The van der Waals surface area contributed by atoms with Gasteiger partial charge < -0.3 is 20.5 Å². The number of imidazole rings is 1. The number of nitrogens with zero attached hydrogens (tertiary/aromatic N) is 2. The first-order valence-corrected chi connectivity index (χ1v) is 10.3. The number of nitrogens with one attached hydrogen (secondary N) is 3. The van der Waals surface area contributed by atoms with E-state index >= 15 is 0 Å². The van der Waals surface area contributed by atoms with Crippen LogP contribution in [0.5, 0.6) is 0 Å². The third-order valence-corrected chi connectivity index (χ3v) is 5.55. The van der Waals surface area contributed by atoms with E-state index in [1.807, 2.05) is 54.6 Å². The molecule has 0 saturated carbocycles. The van der Waals surface area contributed by atoms with Gasteiger partial charge in [-0.05, 0) is 24.0 Å². The molecule has 1 saturated heterocycles. The highest BCUT2D eigenvalue weighted by atomic mass is 16.2. The smallest absolute Gasteiger partial charge is 0.315 e. The Morgan fingerprint density at radius 2 is 1.90 bits per heavy atom. The summed E-state index contributed by atoms with van der Waals surface area (Å²) >= 11 is 0. The van der Waals surface area contributed by atoms with E-state index in [-0.39, 0.29) is 11.9 Å². The van der Waals surface area contributed by atoms with Crippen molar-refractivity contribution in [1.82, 2.24) is 25.5 Å². The molecule has 4 rings (SSSR count). The van der Waals surface area contributed by atoms with Crippen molar-refractivity contribution in [2.45, 2.75) is 24.9 Å². The van der Waals surface area contributed by atoms with Crippen LogP contribution in [-0.2, 0) is 4.79 Å². The molecule has 2 atom stereocenters. The predicted molar refractivity (Wildman–Crippen MR) is 120 cm³/mol. The van der Waals surface area contributed by atoms with Crippen molar-refractivity contribution in [3.8, 4) is 11.3 Å². The molecule has 8 heteroatoms. The Labute approximate surface area is 182 Å². The maximum Gasteiger partial charge on any atom is 0.315 e. The third kappa shape index (κ3) is 4.48. The van der Waals surface area contributed by atoms with E-state index in [2.05, 4.69) is 20.6 Å². The Balaban J connectivity index is 1.58. The van der Waals surface area contributed by atoms with Crippen LogP contribution in [0.1, 0.15) is 36.3 Å². The lowest BCUT2D eigenvalue weighted by Crippen LogP contribution is -2.45. The van der Waals surface area contributed by atoms with Crippen LogP contribution >= 0.6 is 0 Å². The molecular formula is C23H24BN5O2. The summed E-state index contributed by atoms with van der Waals surface area (Å²) in [6, 6.07) is 15.5. The number of benzene rings is 2. The van der Waals surface area contributed by atoms with Crippen molar-refractivity contribution in [3.63, 3.8) is 0 Å². The van der Waals surface area contributed by atoms with Crippen LogP contribution in [0, 0.1) is 0 Å². The predicted octanol–water partition coefficient (Wildman–Crippen LogP) is 2.20. The fourth-order valence-electron chi connectivity index (χ4n) is 3.93. The summed E-state index contributed by atoms with van der Waals surface area (Å²) < 4.78 is 0. The summed E-state index contributed by atoms with van der Waals surface area (Å²) in [4.78, 5) is 35.3. The number of hydrogen-bond donors (Lipinski definition) is 3. The average Bonchev–Trinajstić information content (AvgIpc) is 3.47. The molecule has 1 unspecified atom stereocenters. The molecule has 1 aromatic heterocycles. The number of urea groups is 1. The first-order valence-electron chi connectivity index (χ1n) is 10.3. The number of hydrogen-bond acceptors (Lipinski definition) is 3. The van der Waals surface area contributed by atoms with E-state index in [1.54, 1.807) is 11.1 Å². The average molecular weight is 413 g/mol. The zero-order valence-corrected chi connectivity index (χ0v) is 17.3. The Bertz CT molecular complexity index is 1050. The Kier molecular flexibility index (Phi) is 6.07.